The van der Waals surface area contributed by atoms with Crippen LogP contribution in [0.25, 0.3) is 0 Å². The largest absolute Gasteiger partial charge is 0.370 e. The first-order chi connectivity index (χ1) is 14.2. The van der Waals surface area contributed by atoms with Gasteiger partial charge in [-0.15, -0.1) is 0 Å². The third-order valence-electron chi connectivity index (χ3n) is 6.54. The van der Waals surface area contributed by atoms with Crippen LogP contribution in [0, 0.1) is 31.1 Å². The van der Waals surface area contributed by atoms with Crippen molar-refractivity contribution in [2.24, 2.45) is 28.0 Å². The molecule has 0 saturated heterocycles. The number of hydrogen-bond donors (Lipinski definition) is 2. The number of anilines is 1. The average molecular weight is 432 g/mol. The summed E-state index contributed by atoms with van der Waals surface area (Å²) in [6.07, 6.45) is 8.34. The predicted octanol–water partition coefficient (Wildman–Crippen LogP) is 3.87. The van der Waals surface area contributed by atoms with Crippen LogP contribution in [0.5, 0.6) is 0 Å². The number of primary amides is 1. The Labute approximate surface area is 185 Å². The van der Waals surface area contributed by atoms with Gasteiger partial charge in [-0.2, -0.15) is 0 Å². The summed E-state index contributed by atoms with van der Waals surface area (Å²) in [5.41, 5.74) is 7.38. The van der Waals surface area contributed by atoms with Crippen LogP contribution in [0.15, 0.2) is 28.2 Å². The molecule has 2 aliphatic rings. The summed E-state index contributed by atoms with van der Waals surface area (Å²) in [6.45, 7) is 5.01. The van der Waals surface area contributed by atoms with Gasteiger partial charge in [0.15, 0.2) is 0 Å². The summed E-state index contributed by atoms with van der Waals surface area (Å²) >= 11 is 6.28. The molecule has 0 spiro atoms. The number of carbonyl (C=O) groups excluding carboxylic acids is 1. The number of aromatic nitrogens is 1. The van der Waals surface area contributed by atoms with Crippen molar-refractivity contribution in [2.45, 2.75) is 52.1 Å². The van der Waals surface area contributed by atoms with Crippen molar-refractivity contribution >= 4 is 29.5 Å². The van der Waals surface area contributed by atoms with Crippen molar-refractivity contribution in [1.82, 2.24) is 9.88 Å². The summed E-state index contributed by atoms with van der Waals surface area (Å²) in [6, 6.07) is 4.17. The zero-order valence-electron chi connectivity index (χ0n) is 18.5. The molecular weight excluding hydrogens is 398 g/mol. The number of hydrogen-bond acceptors (Lipinski definition) is 5. The fraction of sp³-hybridized carbons (Fsp3) is 0.609. The van der Waals surface area contributed by atoms with E-state index in [1.807, 2.05) is 32.0 Å². The molecule has 1 amide bonds. The van der Waals surface area contributed by atoms with Crippen LogP contribution in [-0.2, 0) is 4.79 Å². The van der Waals surface area contributed by atoms with Gasteiger partial charge in [0.1, 0.15) is 17.4 Å². The smallest absolute Gasteiger partial charge is 0.231 e. The third-order valence-corrected chi connectivity index (χ3v) is 6.74. The molecule has 1 aromatic heterocycles. The standard InChI is InChI=1S/C23H34ClN5O/c1-15-11-16(2)28-20(12-15)26-10-9-17-5-7-18(8-6-17)23(21(25)30)13-19(24)14-27-22(23)29(3)4/h11-14,17-18,22H,5-10H2,1-4H3,(H2,25,30)(H,26,28). The quantitative estimate of drug-likeness (QED) is 0.686. The Kier molecular flexibility index (Phi) is 7.19. The molecule has 2 unspecified atom stereocenters. The van der Waals surface area contributed by atoms with E-state index in [9.17, 15) is 4.79 Å². The Morgan fingerprint density at radius 1 is 1.27 bits per heavy atom. The van der Waals surface area contributed by atoms with E-state index in [0.717, 1.165) is 50.2 Å². The second-order valence-corrected chi connectivity index (χ2v) is 9.48. The molecule has 1 aromatic rings. The maximum absolute atomic E-state index is 12.7. The molecule has 1 aliphatic heterocycles. The first-order valence-electron chi connectivity index (χ1n) is 10.8. The van der Waals surface area contributed by atoms with Gasteiger partial charge in [0, 0.05) is 18.5 Å². The number of aryl methyl sites for hydroxylation is 2. The van der Waals surface area contributed by atoms with Crippen molar-refractivity contribution in [2.75, 3.05) is 26.0 Å². The van der Waals surface area contributed by atoms with Crippen LogP contribution in [0.2, 0.25) is 0 Å². The van der Waals surface area contributed by atoms with E-state index < -0.39 is 5.41 Å². The molecule has 30 heavy (non-hydrogen) atoms. The van der Waals surface area contributed by atoms with E-state index in [2.05, 4.69) is 34.3 Å². The lowest BCUT2D eigenvalue weighted by molar-refractivity contribution is -0.132. The van der Waals surface area contributed by atoms with Crippen molar-refractivity contribution in [3.8, 4) is 0 Å². The number of carbonyl (C=O) groups is 1. The molecule has 0 radical (unpaired) electrons. The summed E-state index contributed by atoms with van der Waals surface area (Å²) in [7, 11) is 3.87. The van der Waals surface area contributed by atoms with Crippen molar-refractivity contribution in [3.63, 3.8) is 0 Å². The lowest BCUT2D eigenvalue weighted by Crippen LogP contribution is -2.56. The van der Waals surface area contributed by atoms with Gasteiger partial charge in [-0.3, -0.25) is 14.7 Å². The van der Waals surface area contributed by atoms with Crippen LogP contribution in [0.1, 0.15) is 43.4 Å². The first-order valence-corrected chi connectivity index (χ1v) is 11.2. The number of amides is 1. The molecule has 0 aromatic carbocycles. The van der Waals surface area contributed by atoms with E-state index in [-0.39, 0.29) is 18.0 Å². The summed E-state index contributed by atoms with van der Waals surface area (Å²) in [5, 5.41) is 3.96. The minimum absolute atomic E-state index is 0.152. The van der Waals surface area contributed by atoms with Crippen LogP contribution in [-0.4, -0.2) is 48.8 Å². The second kappa shape index (κ2) is 9.48. The van der Waals surface area contributed by atoms with E-state index >= 15 is 0 Å². The summed E-state index contributed by atoms with van der Waals surface area (Å²) < 4.78 is 0. The molecule has 2 atom stereocenters. The molecule has 2 heterocycles. The first kappa shape index (κ1) is 22.8. The van der Waals surface area contributed by atoms with Gasteiger partial charge in [-0.1, -0.05) is 24.4 Å². The van der Waals surface area contributed by atoms with Crippen LogP contribution >= 0.6 is 11.6 Å². The zero-order valence-corrected chi connectivity index (χ0v) is 19.2. The zero-order chi connectivity index (χ0) is 21.9. The lowest BCUT2D eigenvalue weighted by Gasteiger charge is -2.46. The van der Waals surface area contributed by atoms with Gasteiger partial charge < -0.3 is 11.1 Å². The Morgan fingerprint density at radius 3 is 2.57 bits per heavy atom. The molecule has 1 fully saturated rings. The second-order valence-electron chi connectivity index (χ2n) is 9.05. The molecule has 7 heteroatoms. The maximum atomic E-state index is 12.7. The molecule has 164 valence electrons. The molecule has 1 aliphatic carbocycles. The molecule has 0 bridgehead atoms. The number of nitrogens with two attached hydrogens (primary N) is 1. The summed E-state index contributed by atoms with van der Waals surface area (Å²) in [5.74, 6) is 1.40. The highest BCUT2D eigenvalue weighted by Gasteiger charge is 2.51. The number of halogens is 1. The number of nitrogens with zero attached hydrogens (tertiary/aromatic N) is 3. The molecule has 6 nitrogen and oxygen atoms in total. The van der Waals surface area contributed by atoms with Crippen molar-refractivity contribution in [3.05, 3.63) is 34.5 Å². The predicted molar refractivity (Wildman–Crippen MR) is 124 cm³/mol. The average Bonchev–Trinajstić information content (AvgIpc) is 2.67. The Bertz CT molecular complexity index is 809. The van der Waals surface area contributed by atoms with Crippen LogP contribution in [0.3, 0.4) is 0 Å². The molecular formula is C23H34ClN5O. The topological polar surface area (TPSA) is 83.6 Å². The normalized spacial score (nSPS) is 29.0. The molecule has 1 saturated carbocycles. The van der Waals surface area contributed by atoms with E-state index in [0.29, 0.717) is 11.0 Å². The monoisotopic (exact) mass is 431 g/mol. The fourth-order valence-corrected chi connectivity index (χ4v) is 5.40. The number of dihydropyridines is 1. The van der Waals surface area contributed by atoms with Crippen molar-refractivity contribution < 1.29 is 4.79 Å². The van der Waals surface area contributed by atoms with Gasteiger partial charge in [0.25, 0.3) is 0 Å². The Balaban J connectivity index is 1.60. The highest BCUT2D eigenvalue weighted by Crippen LogP contribution is 2.47. The number of aliphatic imine (C=N–C) groups is 1. The van der Waals surface area contributed by atoms with Gasteiger partial charge in [-0.25, -0.2) is 4.98 Å². The van der Waals surface area contributed by atoms with Gasteiger partial charge in [-0.05, 0) is 82.8 Å². The number of rotatable bonds is 7. The van der Waals surface area contributed by atoms with Crippen molar-refractivity contribution in [1.29, 1.82) is 0 Å². The Hall–Kier alpha value is -1.92. The SMILES string of the molecule is Cc1cc(C)nc(NCCC2CCC(C3(C(N)=O)C=C(Cl)C=NC3N(C)C)CC2)c1. The Morgan fingerprint density at radius 2 is 1.97 bits per heavy atom. The molecule has 3 N–H and O–H groups in total. The van der Waals surface area contributed by atoms with E-state index in [1.54, 1.807) is 6.21 Å². The number of allylic oxidation sites excluding steroid dienone is 1. The minimum atomic E-state index is -0.846. The minimum Gasteiger partial charge on any atom is -0.370 e. The highest BCUT2D eigenvalue weighted by atomic mass is 35.5. The number of nitrogens with one attached hydrogen (secondary N) is 1. The van der Waals surface area contributed by atoms with E-state index in [1.165, 1.54) is 5.56 Å². The highest BCUT2D eigenvalue weighted by molar-refractivity contribution is 6.39. The van der Waals surface area contributed by atoms with E-state index in [4.69, 9.17) is 17.3 Å². The van der Waals surface area contributed by atoms with Gasteiger partial charge in [0.05, 0.1) is 5.03 Å². The van der Waals surface area contributed by atoms with Gasteiger partial charge >= 0.3 is 0 Å². The molecule has 3 rings (SSSR count). The lowest BCUT2D eigenvalue weighted by atomic mass is 9.63. The summed E-state index contributed by atoms with van der Waals surface area (Å²) in [4.78, 5) is 23.8. The number of pyridine rings is 1. The third kappa shape index (κ3) is 4.86. The van der Waals surface area contributed by atoms with Crippen LogP contribution < -0.4 is 11.1 Å². The van der Waals surface area contributed by atoms with Crippen LogP contribution in [0.4, 0.5) is 5.82 Å². The fourth-order valence-electron chi connectivity index (χ4n) is 5.16. The maximum Gasteiger partial charge on any atom is 0.231 e. The van der Waals surface area contributed by atoms with Gasteiger partial charge in [0.2, 0.25) is 5.91 Å².